The zero-order valence-electron chi connectivity index (χ0n) is 12.3. The number of nitrogens with zero attached hydrogens (tertiary/aromatic N) is 2. The third kappa shape index (κ3) is 2.79. The van der Waals surface area contributed by atoms with Gasteiger partial charge in [0.2, 0.25) is 15.9 Å². The fourth-order valence-electron chi connectivity index (χ4n) is 2.85. The smallest absolute Gasteiger partial charge is 0.243 e. The maximum atomic E-state index is 12.7. The van der Waals surface area contributed by atoms with Gasteiger partial charge in [0.1, 0.15) is 0 Å². The summed E-state index contributed by atoms with van der Waals surface area (Å²) in [7, 11) is -3.50. The van der Waals surface area contributed by atoms with Gasteiger partial charge in [0.25, 0.3) is 0 Å². The van der Waals surface area contributed by atoms with Crippen LogP contribution in [-0.2, 0) is 21.2 Å². The molecule has 1 saturated heterocycles. The summed E-state index contributed by atoms with van der Waals surface area (Å²) < 4.78 is 26.9. The van der Waals surface area contributed by atoms with Crippen LogP contribution in [0.2, 0.25) is 0 Å². The van der Waals surface area contributed by atoms with Crippen molar-refractivity contribution in [1.29, 1.82) is 0 Å². The SMILES string of the molecule is C=CCN1CCN(S(=O)(=O)c2ccc3c(c2)CC(=O)N3)CC1. The lowest BCUT2D eigenvalue weighted by Crippen LogP contribution is -2.48. The van der Waals surface area contributed by atoms with Gasteiger partial charge in [-0.1, -0.05) is 6.08 Å². The van der Waals surface area contributed by atoms with Gasteiger partial charge in [0.05, 0.1) is 11.3 Å². The largest absolute Gasteiger partial charge is 0.326 e. The first-order valence-corrected chi connectivity index (χ1v) is 8.71. The molecule has 118 valence electrons. The fourth-order valence-corrected chi connectivity index (χ4v) is 4.32. The van der Waals surface area contributed by atoms with Gasteiger partial charge in [-0.15, -0.1) is 6.58 Å². The number of amides is 1. The first-order valence-electron chi connectivity index (χ1n) is 7.27. The third-order valence-corrected chi connectivity index (χ3v) is 5.95. The number of hydrogen-bond donors (Lipinski definition) is 1. The molecule has 7 heteroatoms. The van der Waals surface area contributed by atoms with Crippen molar-refractivity contribution < 1.29 is 13.2 Å². The predicted molar refractivity (Wildman–Crippen MR) is 84.2 cm³/mol. The Hall–Kier alpha value is -1.70. The molecule has 0 aromatic heterocycles. The predicted octanol–water partition coefficient (Wildman–Crippen LogP) is 0.673. The summed E-state index contributed by atoms with van der Waals surface area (Å²) in [5, 5.41) is 2.71. The highest BCUT2D eigenvalue weighted by Crippen LogP contribution is 2.27. The number of anilines is 1. The summed E-state index contributed by atoms with van der Waals surface area (Å²) in [6, 6.07) is 4.84. The average Bonchev–Trinajstić information content (AvgIpc) is 2.87. The number of benzene rings is 1. The van der Waals surface area contributed by atoms with Crippen LogP contribution in [0.15, 0.2) is 35.7 Å². The van der Waals surface area contributed by atoms with Crippen LogP contribution in [0, 0.1) is 0 Å². The van der Waals surface area contributed by atoms with Crippen LogP contribution in [0.1, 0.15) is 5.56 Å². The molecule has 0 bridgehead atoms. The molecule has 22 heavy (non-hydrogen) atoms. The Morgan fingerprint density at radius 1 is 1.23 bits per heavy atom. The lowest BCUT2D eigenvalue weighted by Gasteiger charge is -2.33. The molecule has 2 heterocycles. The van der Waals surface area contributed by atoms with E-state index in [2.05, 4.69) is 16.8 Å². The monoisotopic (exact) mass is 321 g/mol. The second kappa shape index (κ2) is 5.83. The van der Waals surface area contributed by atoms with Crippen LogP contribution in [0.25, 0.3) is 0 Å². The van der Waals surface area contributed by atoms with E-state index in [9.17, 15) is 13.2 Å². The molecule has 0 spiro atoms. The Morgan fingerprint density at radius 3 is 2.64 bits per heavy atom. The molecule has 1 N–H and O–H groups in total. The maximum Gasteiger partial charge on any atom is 0.243 e. The molecular weight excluding hydrogens is 302 g/mol. The van der Waals surface area contributed by atoms with E-state index in [1.165, 1.54) is 4.31 Å². The van der Waals surface area contributed by atoms with Crippen LogP contribution in [-0.4, -0.2) is 56.3 Å². The molecule has 1 fully saturated rings. The van der Waals surface area contributed by atoms with Crippen LogP contribution in [0.4, 0.5) is 5.69 Å². The van der Waals surface area contributed by atoms with Gasteiger partial charge in [-0.25, -0.2) is 8.42 Å². The number of hydrogen-bond acceptors (Lipinski definition) is 4. The Labute approximate surface area is 130 Å². The van der Waals surface area contributed by atoms with Crippen molar-refractivity contribution in [2.45, 2.75) is 11.3 Å². The molecular formula is C15H19N3O3S. The van der Waals surface area contributed by atoms with Crippen molar-refractivity contribution in [3.05, 3.63) is 36.4 Å². The van der Waals surface area contributed by atoms with Gasteiger partial charge in [0, 0.05) is 38.4 Å². The molecule has 0 atom stereocenters. The maximum absolute atomic E-state index is 12.7. The second-order valence-corrected chi connectivity index (χ2v) is 7.48. The van der Waals surface area contributed by atoms with E-state index in [0.717, 1.165) is 12.1 Å². The van der Waals surface area contributed by atoms with Gasteiger partial charge in [-0.2, -0.15) is 4.31 Å². The molecule has 2 aliphatic heterocycles. The zero-order valence-corrected chi connectivity index (χ0v) is 13.1. The summed E-state index contributed by atoms with van der Waals surface area (Å²) >= 11 is 0. The van der Waals surface area contributed by atoms with Crippen molar-refractivity contribution in [3.8, 4) is 0 Å². The number of fused-ring (bicyclic) bond motifs is 1. The van der Waals surface area contributed by atoms with Gasteiger partial charge in [-0.05, 0) is 23.8 Å². The van der Waals surface area contributed by atoms with E-state index < -0.39 is 10.0 Å². The van der Waals surface area contributed by atoms with E-state index in [-0.39, 0.29) is 17.2 Å². The van der Waals surface area contributed by atoms with Crippen LogP contribution in [0.5, 0.6) is 0 Å². The molecule has 6 nitrogen and oxygen atoms in total. The lowest BCUT2D eigenvalue weighted by molar-refractivity contribution is -0.115. The zero-order chi connectivity index (χ0) is 15.7. The fraction of sp³-hybridized carbons (Fsp3) is 0.400. The molecule has 3 rings (SSSR count). The molecule has 0 saturated carbocycles. The number of sulfonamides is 1. The minimum Gasteiger partial charge on any atom is -0.326 e. The van der Waals surface area contributed by atoms with Crippen molar-refractivity contribution >= 4 is 21.6 Å². The minimum absolute atomic E-state index is 0.0948. The van der Waals surface area contributed by atoms with E-state index in [4.69, 9.17) is 0 Å². The standard InChI is InChI=1S/C15H19N3O3S/c1-2-5-17-6-8-18(9-7-17)22(20,21)13-3-4-14-12(10-13)11-15(19)16-14/h2-4,10H,1,5-9,11H2,(H,16,19). The molecule has 0 unspecified atom stereocenters. The van der Waals surface area contributed by atoms with Gasteiger partial charge >= 0.3 is 0 Å². The van der Waals surface area contributed by atoms with E-state index in [1.807, 2.05) is 6.08 Å². The van der Waals surface area contributed by atoms with E-state index >= 15 is 0 Å². The molecule has 1 aromatic carbocycles. The van der Waals surface area contributed by atoms with Gasteiger partial charge in [0.15, 0.2) is 0 Å². The lowest BCUT2D eigenvalue weighted by atomic mass is 10.2. The highest BCUT2D eigenvalue weighted by atomic mass is 32.2. The normalized spacial score (nSPS) is 19.7. The summed E-state index contributed by atoms with van der Waals surface area (Å²) in [6.45, 7) is 6.84. The average molecular weight is 321 g/mol. The van der Waals surface area contributed by atoms with Crippen molar-refractivity contribution in [2.24, 2.45) is 0 Å². The first-order chi connectivity index (χ1) is 10.5. The molecule has 1 aromatic rings. The summed E-state index contributed by atoms with van der Waals surface area (Å²) in [4.78, 5) is 13.8. The van der Waals surface area contributed by atoms with Crippen LogP contribution < -0.4 is 5.32 Å². The third-order valence-electron chi connectivity index (χ3n) is 4.06. The number of carbonyl (C=O) groups is 1. The summed E-state index contributed by atoms with van der Waals surface area (Å²) in [5.74, 6) is -0.0948. The van der Waals surface area contributed by atoms with Gasteiger partial charge in [-0.3, -0.25) is 9.69 Å². The van der Waals surface area contributed by atoms with E-state index in [0.29, 0.717) is 31.9 Å². The summed E-state index contributed by atoms with van der Waals surface area (Å²) in [6.07, 6.45) is 2.07. The number of rotatable bonds is 4. The Kier molecular flexibility index (Phi) is 4.03. The minimum atomic E-state index is -3.50. The highest BCUT2D eigenvalue weighted by molar-refractivity contribution is 7.89. The highest BCUT2D eigenvalue weighted by Gasteiger charge is 2.29. The Bertz CT molecular complexity index is 707. The van der Waals surface area contributed by atoms with Crippen LogP contribution >= 0.6 is 0 Å². The summed E-state index contributed by atoms with van der Waals surface area (Å²) in [5.41, 5.74) is 1.45. The second-order valence-electron chi connectivity index (χ2n) is 5.54. The molecule has 2 aliphatic rings. The van der Waals surface area contributed by atoms with Crippen molar-refractivity contribution in [2.75, 3.05) is 38.0 Å². The van der Waals surface area contributed by atoms with Crippen molar-refractivity contribution in [3.63, 3.8) is 0 Å². The molecule has 0 radical (unpaired) electrons. The quantitative estimate of drug-likeness (QED) is 0.828. The Morgan fingerprint density at radius 2 is 1.95 bits per heavy atom. The number of carbonyl (C=O) groups excluding carboxylic acids is 1. The number of piperazine rings is 1. The van der Waals surface area contributed by atoms with Crippen LogP contribution in [0.3, 0.4) is 0 Å². The molecule has 1 amide bonds. The van der Waals surface area contributed by atoms with E-state index in [1.54, 1.807) is 18.2 Å². The number of nitrogens with one attached hydrogen (secondary N) is 1. The topological polar surface area (TPSA) is 69.7 Å². The van der Waals surface area contributed by atoms with Gasteiger partial charge < -0.3 is 5.32 Å². The van der Waals surface area contributed by atoms with Crippen molar-refractivity contribution in [1.82, 2.24) is 9.21 Å². The molecule has 0 aliphatic carbocycles. The first kappa shape index (κ1) is 15.2. The Balaban J connectivity index is 1.78.